The van der Waals surface area contributed by atoms with Crippen LogP contribution in [0.15, 0.2) is 17.1 Å². The number of aryl methyl sites for hydroxylation is 1. The third-order valence-corrected chi connectivity index (χ3v) is 5.67. The van der Waals surface area contributed by atoms with Gasteiger partial charge < -0.3 is 24.4 Å². The zero-order valence-corrected chi connectivity index (χ0v) is 18.4. The molecule has 0 bridgehead atoms. The standard InChI is InChI=1S/C21H29N5O5/c1-5-21(3,14-22)20(30)23-11-18(28)24-6-8-25(9-7-24)19(29)13-26-12-17(31-4)16(27)10-15(26)2/h10,12H,5-9,11,13H2,1-4H3,(H,23,30). The number of rotatable bonds is 7. The average molecular weight is 431 g/mol. The van der Waals surface area contributed by atoms with E-state index in [9.17, 15) is 19.2 Å². The first-order valence-electron chi connectivity index (χ1n) is 10.1. The summed E-state index contributed by atoms with van der Waals surface area (Å²) in [7, 11) is 1.40. The molecular weight excluding hydrogens is 402 g/mol. The van der Waals surface area contributed by atoms with Gasteiger partial charge in [0, 0.05) is 37.9 Å². The van der Waals surface area contributed by atoms with Crippen molar-refractivity contribution < 1.29 is 19.1 Å². The van der Waals surface area contributed by atoms with E-state index in [1.807, 2.05) is 6.07 Å². The summed E-state index contributed by atoms with van der Waals surface area (Å²) in [4.78, 5) is 52.2. The third-order valence-electron chi connectivity index (χ3n) is 5.67. The first-order valence-corrected chi connectivity index (χ1v) is 10.1. The monoisotopic (exact) mass is 431 g/mol. The molecule has 31 heavy (non-hydrogen) atoms. The van der Waals surface area contributed by atoms with E-state index in [4.69, 9.17) is 10.00 Å². The first-order chi connectivity index (χ1) is 14.6. The molecule has 1 saturated heterocycles. The van der Waals surface area contributed by atoms with E-state index < -0.39 is 11.3 Å². The molecule has 0 saturated carbocycles. The van der Waals surface area contributed by atoms with Gasteiger partial charge in [0.05, 0.1) is 25.9 Å². The summed E-state index contributed by atoms with van der Waals surface area (Å²) >= 11 is 0. The minimum absolute atomic E-state index is 0.0657. The zero-order valence-electron chi connectivity index (χ0n) is 18.4. The van der Waals surface area contributed by atoms with E-state index in [2.05, 4.69) is 5.32 Å². The largest absolute Gasteiger partial charge is 0.491 e. The normalized spacial score (nSPS) is 15.6. The molecular formula is C21H29N5O5. The fraction of sp³-hybridized carbons (Fsp3) is 0.571. The third kappa shape index (κ3) is 5.63. The molecule has 1 aliphatic heterocycles. The van der Waals surface area contributed by atoms with Gasteiger partial charge in [-0.2, -0.15) is 5.26 Å². The molecule has 1 aromatic rings. The molecule has 10 heteroatoms. The number of carbonyl (C=O) groups is 3. The van der Waals surface area contributed by atoms with Gasteiger partial charge >= 0.3 is 0 Å². The molecule has 0 aliphatic carbocycles. The number of hydrogen-bond donors (Lipinski definition) is 1. The smallest absolute Gasteiger partial charge is 0.242 e. The lowest BCUT2D eigenvalue weighted by Gasteiger charge is -2.35. The van der Waals surface area contributed by atoms with Crippen LogP contribution < -0.4 is 15.5 Å². The molecule has 1 N–H and O–H groups in total. The van der Waals surface area contributed by atoms with Crippen LogP contribution in [0.2, 0.25) is 0 Å². The number of nitrogens with zero attached hydrogens (tertiary/aromatic N) is 4. The van der Waals surface area contributed by atoms with Gasteiger partial charge in [-0.1, -0.05) is 6.92 Å². The summed E-state index contributed by atoms with van der Waals surface area (Å²) in [5, 5.41) is 11.7. The van der Waals surface area contributed by atoms with Crippen LogP contribution in [0.5, 0.6) is 5.75 Å². The molecule has 2 rings (SSSR count). The number of nitrogens with one attached hydrogen (secondary N) is 1. The molecule has 168 valence electrons. The van der Waals surface area contributed by atoms with Crippen molar-refractivity contribution in [1.82, 2.24) is 19.7 Å². The Morgan fingerprint density at radius 1 is 1.19 bits per heavy atom. The highest BCUT2D eigenvalue weighted by Gasteiger charge is 2.32. The number of aromatic nitrogens is 1. The molecule has 1 unspecified atom stereocenters. The number of hydrogen-bond acceptors (Lipinski definition) is 6. The molecule has 0 aromatic carbocycles. The Morgan fingerprint density at radius 3 is 2.29 bits per heavy atom. The van der Waals surface area contributed by atoms with Crippen molar-refractivity contribution in [3.05, 3.63) is 28.2 Å². The van der Waals surface area contributed by atoms with Crippen molar-refractivity contribution in [3.63, 3.8) is 0 Å². The SMILES string of the molecule is CCC(C)(C#N)C(=O)NCC(=O)N1CCN(C(=O)Cn2cc(OC)c(=O)cc2C)CC1. The Bertz CT molecular complexity index is 942. The lowest BCUT2D eigenvalue weighted by molar-refractivity contribution is -0.140. The van der Waals surface area contributed by atoms with Gasteiger partial charge in [-0.05, 0) is 20.3 Å². The van der Waals surface area contributed by atoms with E-state index in [0.717, 1.165) is 0 Å². The lowest BCUT2D eigenvalue weighted by Crippen LogP contribution is -2.53. The molecule has 1 atom stereocenters. The molecule has 1 aromatic heterocycles. The molecule has 0 spiro atoms. The van der Waals surface area contributed by atoms with Gasteiger partial charge in [0.2, 0.25) is 23.2 Å². The van der Waals surface area contributed by atoms with E-state index in [1.54, 1.807) is 28.2 Å². The van der Waals surface area contributed by atoms with E-state index in [1.165, 1.54) is 26.3 Å². The Hall–Kier alpha value is -3.35. The number of piperazine rings is 1. The summed E-state index contributed by atoms with van der Waals surface area (Å²) < 4.78 is 6.70. The van der Waals surface area contributed by atoms with Gasteiger partial charge in [-0.25, -0.2) is 0 Å². The predicted molar refractivity (Wildman–Crippen MR) is 112 cm³/mol. The number of pyridine rings is 1. The van der Waals surface area contributed by atoms with E-state index in [0.29, 0.717) is 38.3 Å². The first kappa shape index (κ1) is 23.9. The molecule has 1 aliphatic rings. The van der Waals surface area contributed by atoms with Gasteiger partial charge in [0.25, 0.3) is 0 Å². The van der Waals surface area contributed by atoms with Crippen LogP contribution in [0.3, 0.4) is 0 Å². The highest BCUT2D eigenvalue weighted by atomic mass is 16.5. The van der Waals surface area contributed by atoms with Crippen LogP contribution in [0.25, 0.3) is 0 Å². The van der Waals surface area contributed by atoms with Crippen molar-refractivity contribution in [2.45, 2.75) is 33.7 Å². The van der Waals surface area contributed by atoms with Crippen LogP contribution in [-0.2, 0) is 20.9 Å². The Balaban J connectivity index is 1.87. The van der Waals surface area contributed by atoms with Gasteiger partial charge in [-0.15, -0.1) is 0 Å². The fourth-order valence-electron chi connectivity index (χ4n) is 3.18. The van der Waals surface area contributed by atoms with E-state index >= 15 is 0 Å². The number of methoxy groups -OCH3 is 1. The number of amides is 3. The Labute approximate surface area is 181 Å². The Morgan fingerprint density at radius 2 is 1.77 bits per heavy atom. The maximum Gasteiger partial charge on any atom is 0.242 e. The summed E-state index contributed by atoms with van der Waals surface area (Å²) in [6.07, 6.45) is 1.87. The van der Waals surface area contributed by atoms with Crippen molar-refractivity contribution in [3.8, 4) is 11.8 Å². The highest BCUT2D eigenvalue weighted by Crippen LogP contribution is 2.19. The summed E-state index contributed by atoms with van der Waals surface area (Å²) in [5.74, 6) is -0.669. The molecule has 3 amide bonds. The van der Waals surface area contributed by atoms with Crippen LogP contribution >= 0.6 is 0 Å². The Kier molecular flexibility index (Phi) is 7.80. The summed E-state index contributed by atoms with van der Waals surface area (Å²) in [5.41, 5.74) is -0.745. The fourth-order valence-corrected chi connectivity index (χ4v) is 3.18. The van der Waals surface area contributed by atoms with Gasteiger partial charge in [-0.3, -0.25) is 19.2 Å². The minimum Gasteiger partial charge on any atom is -0.491 e. The number of carbonyl (C=O) groups excluding carboxylic acids is 3. The molecule has 0 radical (unpaired) electrons. The van der Waals surface area contributed by atoms with Gasteiger partial charge in [0.15, 0.2) is 5.75 Å². The molecule has 10 nitrogen and oxygen atoms in total. The van der Waals surface area contributed by atoms with Crippen LogP contribution in [0, 0.1) is 23.7 Å². The number of nitriles is 1. The summed E-state index contributed by atoms with van der Waals surface area (Å²) in [6.45, 7) is 6.38. The van der Waals surface area contributed by atoms with E-state index in [-0.39, 0.29) is 36.1 Å². The topological polar surface area (TPSA) is 125 Å². The second kappa shape index (κ2) is 10.1. The maximum absolute atomic E-state index is 12.7. The van der Waals surface area contributed by atoms with Crippen LogP contribution in [0.4, 0.5) is 0 Å². The second-order valence-corrected chi connectivity index (χ2v) is 7.72. The number of ether oxygens (including phenoxy) is 1. The molecule has 2 heterocycles. The predicted octanol–water partition coefficient (Wildman–Crippen LogP) is -0.108. The lowest BCUT2D eigenvalue weighted by atomic mass is 9.88. The average Bonchev–Trinajstić information content (AvgIpc) is 2.78. The zero-order chi connectivity index (χ0) is 23.2. The molecule has 1 fully saturated rings. The van der Waals surface area contributed by atoms with Crippen molar-refractivity contribution >= 4 is 17.7 Å². The quantitative estimate of drug-likeness (QED) is 0.642. The van der Waals surface area contributed by atoms with Crippen molar-refractivity contribution in [1.29, 1.82) is 5.26 Å². The second-order valence-electron chi connectivity index (χ2n) is 7.72. The summed E-state index contributed by atoms with van der Waals surface area (Å²) in [6, 6.07) is 3.40. The maximum atomic E-state index is 12.7. The van der Waals surface area contributed by atoms with Crippen LogP contribution in [-0.4, -0.2) is 71.9 Å². The van der Waals surface area contributed by atoms with Crippen molar-refractivity contribution in [2.75, 3.05) is 39.8 Å². The van der Waals surface area contributed by atoms with Gasteiger partial charge in [0.1, 0.15) is 12.0 Å². The minimum atomic E-state index is -1.16. The van der Waals surface area contributed by atoms with Crippen molar-refractivity contribution in [2.24, 2.45) is 5.41 Å². The highest BCUT2D eigenvalue weighted by molar-refractivity contribution is 5.89. The van der Waals surface area contributed by atoms with Crippen LogP contribution in [0.1, 0.15) is 26.0 Å².